The van der Waals surface area contributed by atoms with Crippen LogP contribution in [0.1, 0.15) is 11.1 Å². The predicted octanol–water partition coefficient (Wildman–Crippen LogP) is 4.54. The average Bonchev–Trinajstić information content (AvgIpc) is 2.47. The van der Waals surface area contributed by atoms with E-state index in [9.17, 15) is 0 Å². The molecule has 4 heteroatoms. The van der Waals surface area contributed by atoms with Crippen LogP contribution in [0, 0.1) is 0 Å². The summed E-state index contributed by atoms with van der Waals surface area (Å²) >= 11 is 11.7. The fraction of sp³-hybridized carbons (Fsp3) is 0.200. The molecule has 2 rings (SSSR count). The third-order valence-electron chi connectivity index (χ3n) is 2.53. The molecule has 0 saturated carbocycles. The highest BCUT2D eigenvalue weighted by Crippen LogP contribution is 2.17. The quantitative estimate of drug-likeness (QED) is 0.575. The molecule has 0 radical (unpaired) electrons. The Hall–Kier alpha value is -1.22. The van der Waals surface area contributed by atoms with E-state index in [0.717, 1.165) is 11.1 Å². The first kappa shape index (κ1) is 14.2. The first-order valence-electron chi connectivity index (χ1n) is 5.89. The maximum atomic E-state index is 5.97. The number of hydrogen-bond donors (Lipinski definition) is 0. The fourth-order valence-electron chi connectivity index (χ4n) is 1.53. The van der Waals surface area contributed by atoms with Crippen molar-refractivity contribution in [1.29, 1.82) is 0 Å². The number of ether oxygens (including phenoxy) is 2. The Bertz CT molecular complexity index is 485. The van der Waals surface area contributed by atoms with Crippen LogP contribution < -0.4 is 4.74 Å². The van der Waals surface area contributed by atoms with E-state index in [4.69, 9.17) is 32.7 Å². The van der Waals surface area contributed by atoms with Gasteiger partial charge in [0, 0.05) is 5.88 Å². The van der Waals surface area contributed by atoms with Crippen LogP contribution in [0.3, 0.4) is 0 Å². The lowest BCUT2D eigenvalue weighted by Crippen LogP contribution is -2.13. The van der Waals surface area contributed by atoms with E-state index < -0.39 is 5.75 Å². The molecule has 0 aliphatic carbocycles. The SMILES string of the molecule is ClCc1ccc(OC(Cl)OCc2ccccc2)cc1. The molecule has 0 amide bonds. The Labute approximate surface area is 122 Å². The zero-order valence-corrected chi connectivity index (χ0v) is 11.8. The van der Waals surface area contributed by atoms with Gasteiger partial charge in [0.2, 0.25) is 0 Å². The second kappa shape index (κ2) is 7.39. The number of hydrogen-bond acceptors (Lipinski definition) is 2. The lowest BCUT2D eigenvalue weighted by molar-refractivity contribution is -0.0306. The van der Waals surface area contributed by atoms with Gasteiger partial charge in [-0.2, -0.15) is 0 Å². The van der Waals surface area contributed by atoms with Crippen LogP contribution in [0.15, 0.2) is 54.6 Å². The Balaban J connectivity index is 1.82. The standard InChI is InChI=1S/C15H14Cl2O2/c16-10-12-6-8-14(9-7-12)19-15(17)18-11-13-4-2-1-3-5-13/h1-9,15H,10-11H2. The van der Waals surface area contributed by atoms with Crippen molar-refractivity contribution in [1.82, 2.24) is 0 Å². The lowest BCUT2D eigenvalue weighted by atomic mass is 10.2. The highest BCUT2D eigenvalue weighted by molar-refractivity contribution is 6.19. The van der Waals surface area contributed by atoms with Crippen molar-refractivity contribution in [3.05, 3.63) is 65.7 Å². The van der Waals surface area contributed by atoms with E-state index in [2.05, 4.69) is 0 Å². The van der Waals surface area contributed by atoms with Crippen molar-refractivity contribution in [2.24, 2.45) is 0 Å². The summed E-state index contributed by atoms with van der Waals surface area (Å²) in [5.41, 5.74) is 2.08. The van der Waals surface area contributed by atoms with Crippen LogP contribution in [-0.4, -0.2) is 5.75 Å². The maximum absolute atomic E-state index is 5.97. The predicted molar refractivity (Wildman–Crippen MR) is 77.5 cm³/mol. The highest BCUT2D eigenvalue weighted by atomic mass is 35.5. The van der Waals surface area contributed by atoms with Gasteiger partial charge in [-0.3, -0.25) is 0 Å². The zero-order valence-electron chi connectivity index (χ0n) is 10.3. The van der Waals surface area contributed by atoms with Crippen molar-refractivity contribution >= 4 is 23.2 Å². The van der Waals surface area contributed by atoms with Gasteiger partial charge in [-0.15, -0.1) is 11.6 Å². The van der Waals surface area contributed by atoms with Crippen molar-refractivity contribution in [3.63, 3.8) is 0 Å². The molecule has 0 aliphatic heterocycles. The largest absolute Gasteiger partial charge is 0.451 e. The monoisotopic (exact) mass is 296 g/mol. The molecule has 0 N–H and O–H groups in total. The van der Waals surface area contributed by atoms with Gasteiger partial charge in [0.1, 0.15) is 5.75 Å². The Morgan fingerprint density at radius 1 is 0.895 bits per heavy atom. The fourth-order valence-corrected chi connectivity index (χ4v) is 1.88. The van der Waals surface area contributed by atoms with Gasteiger partial charge in [0.15, 0.2) is 0 Å². The van der Waals surface area contributed by atoms with Crippen molar-refractivity contribution < 1.29 is 9.47 Å². The minimum atomic E-state index is -0.818. The zero-order chi connectivity index (χ0) is 13.5. The molecular weight excluding hydrogens is 283 g/mol. The molecule has 0 aromatic heterocycles. The molecule has 19 heavy (non-hydrogen) atoms. The Morgan fingerprint density at radius 3 is 2.21 bits per heavy atom. The first-order valence-corrected chi connectivity index (χ1v) is 6.86. The smallest absolute Gasteiger partial charge is 0.280 e. The number of halogens is 2. The molecule has 2 nitrogen and oxygen atoms in total. The van der Waals surface area contributed by atoms with E-state index in [0.29, 0.717) is 18.2 Å². The average molecular weight is 297 g/mol. The summed E-state index contributed by atoms with van der Waals surface area (Å²) in [4.78, 5) is 0. The van der Waals surface area contributed by atoms with E-state index in [1.165, 1.54) is 0 Å². The summed E-state index contributed by atoms with van der Waals surface area (Å²) in [6.07, 6.45) is 0. The van der Waals surface area contributed by atoms with E-state index >= 15 is 0 Å². The van der Waals surface area contributed by atoms with Crippen LogP contribution in [0.5, 0.6) is 5.75 Å². The van der Waals surface area contributed by atoms with E-state index in [1.54, 1.807) is 0 Å². The molecule has 0 aliphatic rings. The Kier molecular flexibility index (Phi) is 5.52. The second-order valence-electron chi connectivity index (χ2n) is 3.97. The van der Waals surface area contributed by atoms with E-state index in [1.807, 2.05) is 54.6 Å². The van der Waals surface area contributed by atoms with Gasteiger partial charge < -0.3 is 9.47 Å². The topological polar surface area (TPSA) is 18.5 Å². The molecule has 0 saturated heterocycles. The molecule has 0 bridgehead atoms. The van der Waals surface area contributed by atoms with Gasteiger partial charge in [-0.05, 0) is 34.9 Å². The number of rotatable bonds is 6. The van der Waals surface area contributed by atoms with Crippen LogP contribution in [0.4, 0.5) is 0 Å². The van der Waals surface area contributed by atoms with Gasteiger partial charge >= 0.3 is 0 Å². The summed E-state index contributed by atoms with van der Waals surface area (Å²) in [5, 5.41) is 0. The van der Waals surface area contributed by atoms with Crippen LogP contribution in [0.25, 0.3) is 0 Å². The van der Waals surface area contributed by atoms with Gasteiger partial charge in [0.25, 0.3) is 5.75 Å². The maximum Gasteiger partial charge on any atom is 0.280 e. The molecule has 100 valence electrons. The highest BCUT2D eigenvalue weighted by Gasteiger charge is 2.06. The third kappa shape index (κ3) is 4.75. The molecular formula is C15H14Cl2O2. The van der Waals surface area contributed by atoms with Gasteiger partial charge in [0.05, 0.1) is 6.61 Å². The molecule has 2 aromatic rings. The van der Waals surface area contributed by atoms with Crippen LogP contribution in [-0.2, 0) is 17.2 Å². The number of alkyl halides is 2. The Morgan fingerprint density at radius 2 is 1.58 bits per heavy atom. The van der Waals surface area contributed by atoms with Crippen molar-refractivity contribution in [2.75, 3.05) is 0 Å². The molecule has 0 fully saturated rings. The van der Waals surface area contributed by atoms with Crippen molar-refractivity contribution in [2.45, 2.75) is 18.2 Å². The van der Waals surface area contributed by atoms with Gasteiger partial charge in [-0.1, -0.05) is 42.5 Å². The normalized spacial score (nSPS) is 12.1. The minimum Gasteiger partial charge on any atom is -0.451 e. The third-order valence-corrected chi connectivity index (χ3v) is 3.05. The number of benzene rings is 2. The van der Waals surface area contributed by atoms with E-state index in [-0.39, 0.29) is 0 Å². The van der Waals surface area contributed by atoms with Crippen LogP contribution in [0.2, 0.25) is 0 Å². The summed E-state index contributed by atoms with van der Waals surface area (Å²) in [5.74, 6) is 0.318. The van der Waals surface area contributed by atoms with Crippen molar-refractivity contribution in [3.8, 4) is 5.75 Å². The molecule has 0 heterocycles. The first-order chi connectivity index (χ1) is 9.28. The summed E-state index contributed by atoms with van der Waals surface area (Å²) in [7, 11) is 0. The summed E-state index contributed by atoms with van der Waals surface area (Å²) in [6, 6.07) is 17.2. The summed E-state index contributed by atoms with van der Waals surface area (Å²) in [6.45, 7) is 0.411. The molecule has 2 aromatic carbocycles. The summed E-state index contributed by atoms with van der Waals surface area (Å²) < 4.78 is 10.8. The van der Waals surface area contributed by atoms with Crippen LogP contribution >= 0.6 is 23.2 Å². The molecule has 0 spiro atoms. The van der Waals surface area contributed by atoms with Gasteiger partial charge in [-0.25, -0.2) is 0 Å². The molecule has 1 atom stereocenters. The minimum absolute atomic E-state index is 0.411. The molecule has 1 unspecified atom stereocenters. The lowest BCUT2D eigenvalue weighted by Gasteiger charge is -2.13. The second-order valence-corrected chi connectivity index (χ2v) is 4.59.